The van der Waals surface area contributed by atoms with E-state index < -0.39 is 0 Å². The molecule has 0 fully saturated rings. The molecule has 23 heavy (non-hydrogen) atoms. The lowest BCUT2D eigenvalue weighted by molar-refractivity contribution is 0.162. The second kappa shape index (κ2) is 15.5. The summed E-state index contributed by atoms with van der Waals surface area (Å²) in [6.45, 7) is 5.67. The number of aliphatic imine (C=N–C) groups is 2. The van der Waals surface area contributed by atoms with Gasteiger partial charge in [-0.05, 0) is 38.1 Å². The molecular weight excluding hydrogens is 292 g/mol. The van der Waals surface area contributed by atoms with Crippen LogP contribution >= 0.6 is 0 Å². The molecule has 120 valence electrons. The van der Waals surface area contributed by atoms with E-state index in [0.29, 0.717) is 11.4 Å². The maximum atomic E-state index is 9.68. The quantitative estimate of drug-likeness (QED) is 0.622. The second-order valence-corrected chi connectivity index (χ2v) is 3.86. The first-order valence-electron chi connectivity index (χ1n) is 7.12. The number of nitrogens with zero attached hydrogens (tertiary/aromatic N) is 2. The van der Waals surface area contributed by atoms with Crippen molar-refractivity contribution in [2.24, 2.45) is 9.98 Å². The van der Waals surface area contributed by atoms with Crippen molar-refractivity contribution in [2.75, 3.05) is 13.2 Å². The SMILES string of the molecule is CCOCC.O=C=Nc1ccccc1.O=C=Nc1ccccc1. The van der Waals surface area contributed by atoms with Gasteiger partial charge in [0, 0.05) is 13.2 Å². The summed E-state index contributed by atoms with van der Waals surface area (Å²) in [6.07, 6.45) is 2.92. The van der Waals surface area contributed by atoms with Gasteiger partial charge >= 0.3 is 0 Å². The van der Waals surface area contributed by atoms with Gasteiger partial charge in [0.15, 0.2) is 0 Å². The van der Waals surface area contributed by atoms with Gasteiger partial charge in [0.05, 0.1) is 11.4 Å². The normalized spacial score (nSPS) is 8.09. The molecule has 0 heterocycles. The summed E-state index contributed by atoms with van der Waals surface area (Å²) in [5.74, 6) is 0. The monoisotopic (exact) mass is 312 g/mol. The van der Waals surface area contributed by atoms with E-state index in [2.05, 4.69) is 9.98 Å². The third-order valence-electron chi connectivity index (χ3n) is 2.27. The molecule has 0 radical (unpaired) electrons. The molecule has 0 saturated carbocycles. The first-order chi connectivity index (χ1) is 11.3. The molecule has 0 amide bonds. The van der Waals surface area contributed by atoms with Gasteiger partial charge < -0.3 is 4.74 Å². The molecule has 0 spiro atoms. The number of benzene rings is 2. The molecule has 5 heteroatoms. The highest BCUT2D eigenvalue weighted by Gasteiger charge is 1.80. The third-order valence-corrected chi connectivity index (χ3v) is 2.27. The van der Waals surface area contributed by atoms with Gasteiger partial charge in [0.2, 0.25) is 12.2 Å². The Morgan fingerprint density at radius 1 is 0.739 bits per heavy atom. The van der Waals surface area contributed by atoms with Crippen LogP contribution in [-0.4, -0.2) is 25.4 Å². The van der Waals surface area contributed by atoms with Gasteiger partial charge in [0.25, 0.3) is 0 Å². The summed E-state index contributed by atoms with van der Waals surface area (Å²) in [7, 11) is 0. The van der Waals surface area contributed by atoms with Crippen LogP contribution in [0, 0.1) is 0 Å². The minimum Gasteiger partial charge on any atom is -0.382 e. The van der Waals surface area contributed by atoms with E-state index in [9.17, 15) is 9.59 Å². The number of hydrogen-bond acceptors (Lipinski definition) is 5. The van der Waals surface area contributed by atoms with Crippen LogP contribution in [-0.2, 0) is 14.3 Å². The Balaban J connectivity index is 0.000000332. The predicted octanol–water partition coefficient (Wildman–Crippen LogP) is 4.35. The van der Waals surface area contributed by atoms with Crippen molar-refractivity contribution < 1.29 is 14.3 Å². The molecule has 2 rings (SSSR count). The molecular formula is C18H20N2O3. The molecule has 0 aliphatic rings. The van der Waals surface area contributed by atoms with Crippen LogP contribution in [0.25, 0.3) is 0 Å². The molecule has 2 aromatic carbocycles. The zero-order chi connectivity index (χ0) is 17.2. The number of carbonyl (C=O) groups excluding carboxylic acids is 2. The molecule has 0 saturated heterocycles. The van der Waals surface area contributed by atoms with Crippen LogP contribution in [0.1, 0.15) is 13.8 Å². The Kier molecular flexibility index (Phi) is 13.6. The fourth-order valence-electron chi connectivity index (χ4n) is 1.31. The van der Waals surface area contributed by atoms with Crippen molar-refractivity contribution in [3.63, 3.8) is 0 Å². The Bertz CT molecular complexity index is 547. The summed E-state index contributed by atoms with van der Waals surface area (Å²) >= 11 is 0. The fraction of sp³-hybridized carbons (Fsp3) is 0.222. The molecule has 0 bridgehead atoms. The van der Waals surface area contributed by atoms with Crippen molar-refractivity contribution in [3.05, 3.63) is 60.7 Å². The van der Waals surface area contributed by atoms with Crippen LogP contribution in [0.4, 0.5) is 11.4 Å². The van der Waals surface area contributed by atoms with E-state index in [4.69, 9.17) is 4.74 Å². The second-order valence-electron chi connectivity index (χ2n) is 3.86. The molecule has 0 N–H and O–H groups in total. The Morgan fingerprint density at radius 2 is 1.09 bits per heavy atom. The summed E-state index contributed by atoms with van der Waals surface area (Å²) in [6, 6.07) is 18.0. The zero-order valence-corrected chi connectivity index (χ0v) is 13.3. The largest absolute Gasteiger partial charge is 0.382 e. The molecule has 0 unspecified atom stereocenters. The van der Waals surface area contributed by atoms with Crippen molar-refractivity contribution in [1.82, 2.24) is 0 Å². The topological polar surface area (TPSA) is 68.1 Å². The van der Waals surface area contributed by atoms with Gasteiger partial charge in [-0.3, -0.25) is 0 Å². The number of hydrogen-bond donors (Lipinski definition) is 0. The van der Waals surface area contributed by atoms with Crippen LogP contribution in [0.15, 0.2) is 70.6 Å². The van der Waals surface area contributed by atoms with Gasteiger partial charge in [-0.25, -0.2) is 9.59 Å². The average Bonchev–Trinajstić information content (AvgIpc) is 2.59. The highest BCUT2D eigenvalue weighted by atomic mass is 16.5. The van der Waals surface area contributed by atoms with E-state index in [0.717, 1.165) is 13.2 Å². The molecule has 0 aromatic heterocycles. The van der Waals surface area contributed by atoms with E-state index >= 15 is 0 Å². The van der Waals surface area contributed by atoms with Crippen LogP contribution in [0.5, 0.6) is 0 Å². The van der Waals surface area contributed by atoms with Crippen molar-refractivity contribution in [1.29, 1.82) is 0 Å². The van der Waals surface area contributed by atoms with Gasteiger partial charge in [-0.1, -0.05) is 36.4 Å². The van der Waals surface area contributed by atoms with Crippen LogP contribution < -0.4 is 0 Å². The molecule has 0 aliphatic carbocycles. The lowest BCUT2D eigenvalue weighted by atomic mass is 10.3. The Hall–Kier alpha value is -2.84. The molecule has 0 atom stereocenters. The van der Waals surface area contributed by atoms with Crippen molar-refractivity contribution in [2.45, 2.75) is 13.8 Å². The Labute approximate surface area is 136 Å². The summed E-state index contributed by atoms with van der Waals surface area (Å²) in [5.41, 5.74) is 1.29. The molecule has 0 aliphatic heterocycles. The minimum atomic E-state index is 0.646. The van der Waals surface area contributed by atoms with Crippen LogP contribution in [0.3, 0.4) is 0 Å². The lowest BCUT2D eigenvalue weighted by Gasteiger charge is -1.86. The van der Waals surface area contributed by atoms with E-state index in [-0.39, 0.29) is 0 Å². The van der Waals surface area contributed by atoms with Gasteiger partial charge in [-0.2, -0.15) is 9.98 Å². The zero-order valence-electron chi connectivity index (χ0n) is 13.3. The first-order valence-corrected chi connectivity index (χ1v) is 7.12. The van der Waals surface area contributed by atoms with E-state index in [1.807, 2.05) is 50.2 Å². The summed E-state index contributed by atoms with van der Waals surface area (Å²) in [5, 5.41) is 0. The van der Waals surface area contributed by atoms with Gasteiger partial charge in [-0.15, -0.1) is 0 Å². The standard InChI is InChI=1S/2C7H5NO.C4H10O/c2*9-6-8-7-4-2-1-3-5-7;1-3-5-4-2/h2*1-5H;3-4H2,1-2H3. The van der Waals surface area contributed by atoms with E-state index in [1.165, 1.54) is 12.2 Å². The fourth-order valence-corrected chi connectivity index (χ4v) is 1.31. The maximum Gasteiger partial charge on any atom is 0.240 e. The first kappa shape index (κ1) is 20.2. The average molecular weight is 312 g/mol. The number of rotatable bonds is 4. The number of ether oxygens (including phenoxy) is 1. The van der Waals surface area contributed by atoms with E-state index in [1.54, 1.807) is 24.3 Å². The maximum absolute atomic E-state index is 9.68. The summed E-state index contributed by atoms with van der Waals surface area (Å²) < 4.78 is 4.83. The highest BCUT2D eigenvalue weighted by molar-refractivity contribution is 5.48. The number of para-hydroxylation sites is 2. The summed E-state index contributed by atoms with van der Waals surface area (Å²) in [4.78, 5) is 26.2. The van der Waals surface area contributed by atoms with Crippen molar-refractivity contribution in [3.8, 4) is 0 Å². The lowest BCUT2D eigenvalue weighted by Crippen LogP contribution is -1.84. The number of isocyanates is 2. The van der Waals surface area contributed by atoms with Gasteiger partial charge in [0.1, 0.15) is 0 Å². The van der Waals surface area contributed by atoms with Crippen molar-refractivity contribution >= 4 is 23.5 Å². The third kappa shape index (κ3) is 12.6. The molecule has 2 aromatic rings. The molecule has 5 nitrogen and oxygen atoms in total. The predicted molar refractivity (Wildman–Crippen MR) is 90.6 cm³/mol. The highest BCUT2D eigenvalue weighted by Crippen LogP contribution is 2.07. The minimum absolute atomic E-state index is 0.646. The smallest absolute Gasteiger partial charge is 0.240 e. The Morgan fingerprint density at radius 3 is 1.30 bits per heavy atom. The van der Waals surface area contributed by atoms with Crippen LogP contribution in [0.2, 0.25) is 0 Å².